The van der Waals surface area contributed by atoms with Crippen LogP contribution in [0.5, 0.6) is 0 Å². The van der Waals surface area contributed by atoms with Gasteiger partial charge in [-0.25, -0.2) is 4.57 Å². The molecule has 0 saturated heterocycles. The Labute approximate surface area is 223 Å². The summed E-state index contributed by atoms with van der Waals surface area (Å²) in [6.45, 7) is 8.51. The maximum atomic E-state index is 10.1. The zero-order valence-electron chi connectivity index (χ0n) is 22.4. The fourth-order valence-corrected chi connectivity index (χ4v) is 5.49. The molecule has 0 spiro atoms. The average molecular weight is 494 g/mol. The zero-order chi connectivity index (χ0) is 26.6. The van der Waals surface area contributed by atoms with Crippen molar-refractivity contribution in [2.75, 3.05) is 0 Å². The van der Waals surface area contributed by atoms with E-state index in [0.717, 1.165) is 55.4 Å². The molecule has 0 amide bonds. The van der Waals surface area contributed by atoms with Crippen molar-refractivity contribution in [3.63, 3.8) is 0 Å². The molecule has 4 aromatic carbocycles. The average Bonchev–Trinajstić information content (AvgIpc) is 3.29. The van der Waals surface area contributed by atoms with Gasteiger partial charge in [-0.05, 0) is 67.6 Å². The van der Waals surface area contributed by atoms with Gasteiger partial charge in [-0.3, -0.25) is 0 Å². The number of rotatable bonds is 3. The molecule has 0 radical (unpaired) electrons. The third-order valence-electron chi connectivity index (χ3n) is 7.66. The van der Waals surface area contributed by atoms with Crippen LogP contribution in [0.4, 0.5) is 0 Å². The van der Waals surface area contributed by atoms with Crippen LogP contribution in [0.2, 0.25) is 0 Å². The van der Waals surface area contributed by atoms with Gasteiger partial charge in [0.1, 0.15) is 18.2 Å². The van der Waals surface area contributed by atoms with Gasteiger partial charge in [-0.1, -0.05) is 66.2 Å². The van der Waals surface area contributed by atoms with Gasteiger partial charge in [-0.2, -0.15) is 5.26 Å². The third-order valence-corrected chi connectivity index (χ3v) is 7.66. The van der Waals surface area contributed by atoms with E-state index in [1.165, 1.54) is 22.3 Å². The Morgan fingerprint density at radius 2 is 1.34 bits per heavy atom. The molecule has 3 nitrogen and oxygen atoms in total. The van der Waals surface area contributed by atoms with Crippen LogP contribution in [0, 0.1) is 39.0 Å². The van der Waals surface area contributed by atoms with Gasteiger partial charge in [0.25, 0.3) is 0 Å². The number of pyridine rings is 1. The lowest BCUT2D eigenvalue weighted by Gasteiger charge is -2.08. The van der Waals surface area contributed by atoms with Crippen LogP contribution in [0.1, 0.15) is 27.8 Å². The fraction of sp³-hybridized carbons (Fsp3) is 0.143. The lowest BCUT2D eigenvalue weighted by atomic mass is 9.94. The number of aryl methyl sites for hydroxylation is 5. The zero-order valence-corrected chi connectivity index (χ0v) is 22.4. The van der Waals surface area contributed by atoms with E-state index in [0.29, 0.717) is 5.56 Å². The molecule has 0 saturated carbocycles. The van der Waals surface area contributed by atoms with Crippen molar-refractivity contribution >= 4 is 21.9 Å². The first kappa shape index (κ1) is 23.7. The number of aromatic nitrogens is 1. The van der Waals surface area contributed by atoms with Crippen LogP contribution >= 0.6 is 0 Å². The van der Waals surface area contributed by atoms with Crippen molar-refractivity contribution in [2.45, 2.75) is 27.7 Å². The lowest BCUT2D eigenvalue weighted by Crippen LogP contribution is -2.31. The quantitative estimate of drug-likeness (QED) is 0.232. The predicted octanol–water partition coefficient (Wildman–Crippen LogP) is 8.52. The summed E-state index contributed by atoms with van der Waals surface area (Å²) in [6.07, 6.45) is 2.17. The molecule has 6 rings (SSSR count). The van der Waals surface area contributed by atoms with E-state index in [4.69, 9.17) is 4.42 Å². The molecule has 38 heavy (non-hydrogen) atoms. The molecule has 0 N–H and O–H groups in total. The summed E-state index contributed by atoms with van der Waals surface area (Å²) in [7, 11) is 2.08. The van der Waals surface area contributed by atoms with Crippen molar-refractivity contribution in [3.8, 4) is 39.6 Å². The molecule has 6 aromatic rings. The van der Waals surface area contributed by atoms with Crippen LogP contribution in [-0.2, 0) is 7.05 Å². The van der Waals surface area contributed by atoms with Crippen molar-refractivity contribution in [3.05, 3.63) is 113 Å². The number of fused-ring (bicyclic) bond motifs is 3. The van der Waals surface area contributed by atoms with E-state index in [2.05, 4.69) is 118 Å². The van der Waals surface area contributed by atoms with Crippen LogP contribution in [-0.4, -0.2) is 0 Å². The number of hydrogen-bond donors (Lipinski definition) is 0. The van der Waals surface area contributed by atoms with Gasteiger partial charge >= 0.3 is 0 Å². The molecular formula is C35H29N2O+. The first-order valence-electron chi connectivity index (χ1n) is 12.9. The van der Waals surface area contributed by atoms with Gasteiger partial charge in [0.15, 0.2) is 6.20 Å². The Morgan fingerprint density at radius 1 is 0.658 bits per heavy atom. The SMILES string of the molecule is Cc1cccc(-c2ccc(-c3c(C#N)ccc4c3oc3c(-c5cc(C)c(C)c[n+]5C)c(C)ccc34)cc2)c1. The third kappa shape index (κ3) is 3.78. The van der Waals surface area contributed by atoms with E-state index < -0.39 is 0 Å². The first-order chi connectivity index (χ1) is 18.4. The Bertz CT molecular complexity index is 1920. The summed E-state index contributed by atoms with van der Waals surface area (Å²) in [5.41, 5.74) is 13.4. The van der Waals surface area contributed by atoms with Crippen molar-refractivity contribution < 1.29 is 8.98 Å². The summed E-state index contributed by atoms with van der Waals surface area (Å²) in [5, 5.41) is 12.1. The van der Waals surface area contributed by atoms with E-state index >= 15 is 0 Å². The Kier molecular flexibility index (Phi) is 5.62. The number of benzene rings is 4. The number of furan rings is 1. The minimum atomic E-state index is 0.606. The van der Waals surface area contributed by atoms with Crippen LogP contribution < -0.4 is 4.57 Å². The molecule has 0 unspecified atom stereocenters. The predicted molar refractivity (Wildman–Crippen MR) is 155 cm³/mol. The molecule has 2 heterocycles. The minimum Gasteiger partial charge on any atom is -0.454 e. The van der Waals surface area contributed by atoms with Gasteiger partial charge in [0, 0.05) is 28.0 Å². The van der Waals surface area contributed by atoms with Crippen molar-refractivity contribution in [2.24, 2.45) is 7.05 Å². The second-order valence-electron chi connectivity index (χ2n) is 10.3. The second kappa shape index (κ2) is 9.01. The number of nitrogens with zero attached hydrogens (tertiary/aromatic N) is 2. The normalized spacial score (nSPS) is 11.3. The Balaban J connectivity index is 1.60. The highest BCUT2D eigenvalue weighted by Gasteiger charge is 2.23. The highest BCUT2D eigenvalue weighted by atomic mass is 16.3. The monoisotopic (exact) mass is 493 g/mol. The summed E-state index contributed by atoms with van der Waals surface area (Å²) in [4.78, 5) is 0. The molecule has 0 aliphatic rings. The molecule has 0 atom stereocenters. The molecule has 0 aliphatic carbocycles. The van der Waals surface area contributed by atoms with E-state index in [-0.39, 0.29) is 0 Å². The molecule has 0 fully saturated rings. The second-order valence-corrected chi connectivity index (χ2v) is 10.3. The Hall–Kier alpha value is -4.68. The van der Waals surface area contributed by atoms with Crippen molar-refractivity contribution in [1.29, 1.82) is 5.26 Å². The summed E-state index contributed by atoms with van der Waals surface area (Å²) < 4.78 is 8.91. The van der Waals surface area contributed by atoms with Crippen molar-refractivity contribution in [1.82, 2.24) is 0 Å². The standard InChI is InChI=1S/C35H29N2O/c1-21-7-6-8-27(17-21)25-10-12-26(13-11-25)33-28(19-36)14-16-30-29-15-9-22(2)32(34(29)38-35(30)33)31-18-23(3)24(4)20-37(31)5/h6-18,20H,1-5H3/q+1. The maximum absolute atomic E-state index is 10.1. The summed E-state index contributed by atoms with van der Waals surface area (Å²) >= 11 is 0. The highest BCUT2D eigenvalue weighted by molar-refractivity contribution is 6.14. The maximum Gasteiger partial charge on any atom is 0.216 e. The summed E-state index contributed by atoms with van der Waals surface area (Å²) in [5.74, 6) is 0. The molecule has 184 valence electrons. The first-order valence-corrected chi connectivity index (χ1v) is 12.9. The fourth-order valence-electron chi connectivity index (χ4n) is 5.49. The van der Waals surface area contributed by atoms with E-state index in [1.54, 1.807) is 0 Å². The summed E-state index contributed by atoms with van der Waals surface area (Å²) in [6, 6.07) is 29.8. The number of hydrogen-bond acceptors (Lipinski definition) is 2. The largest absolute Gasteiger partial charge is 0.454 e. The van der Waals surface area contributed by atoms with E-state index in [9.17, 15) is 5.26 Å². The topological polar surface area (TPSA) is 40.8 Å². The smallest absolute Gasteiger partial charge is 0.216 e. The van der Waals surface area contributed by atoms with Gasteiger partial charge < -0.3 is 4.42 Å². The van der Waals surface area contributed by atoms with Crippen LogP contribution in [0.25, 0.3) is 55.4 Å². The number of nitriles is 1. The lowest BCUT2D eigenvalue weighted by molar-refractivity contribution is -0.660. The van der Waals surface area contributed by atoms with Gasteiger partial charge in [0.05, 0.1) is 17.2 Å². The molecule has 0 bridgehead atoms. The minimum absolute atomic E-state index is 0.606. The molecule has 2 aromatic heterocycles. The van der Waals surface area contributed by atoms with Crippen LogP contribution in [0.3, 0.4) is 0 Å². The Morgan fingerprint density at radius 3 is 2.05 bits per heavy atom. The van der Waals surface area contributed by atoms with Gasteiger partial charge in [0.2, 0.25) is 5.69 Å². The van der Waals surface area contributed by atoms with E-state index in [1.807, 2.05) is 12.1 Å². The molecule has 3 heteroatoms. The van der Waals surface area contributed by atoms with Gasteiger partial charge in [-0.15, -0.1) is 0 Å². The molecule has 0 aliphatic heterocycles. The van der Waals surface area contributed by atoms with Crippen LogP contribution in [0.15, 0.2) is 89.5 Å². The highest BCUT2D eigenvalue weighted by Crippen LogP contribution is 2.42. The molecular weight excluding hydrogens is 464 g/mol.